The molecule has 0 atom stereocenters. The van der Waals surface area contributed by atoms with Crippen LogP contribution in [0.15, 0.2) is 48.7 Å². The van der Waals surface area contributed by atoms with Crippen LogP contribution in [0.25, 0.3) is 22.2 Å². The van der Waals surface area contributed by atoms with E-state index in [1.165, 1.54) is 0 Å². The second-order valence-corrected chi connectivity index (χ2v) is 10.7. The molecular formula is C28H32Cl2N4O3S. The molecule has 0 radical (unpaired) electrons. The first-order chi connectivity index (χ1) is 18.0. The highest BCUT2D eigenvalue weighted by atomic mass is 35.5. The van der Waals surface area contributed by atoms with Crippen molar-refractivity contribution in [3.63, 3.8) is 0 Å². The van der Waals surface area contributed by atoms with E-state index in [4.69, 9.17) is 26.1 Å². The molecule has 1 fully saturated rings. The van der Waals surface area contributed by atoms with Gasteiger partial charge in [0.05, 0.1) is 31.0 Å². The smallest absolute Gasteiger partial charge is 0.242 e. The summed E-state index contributed by atoms with van der Waals surface area (Å²) < 4.78 is 12.7. The number of benzene rings is 2. The van der Waals surface area contributed by atoms with Gasteiger partial charge >= 0.3 is 0 Å². The van der Waals surface area contributed by atoms with E-state index in [-0.39, 0.29) is 18.3 Å². The van der Waals surface area contributed by atoms with Crippen LogP contribution in [0.5, 0.6) is 5.75 Å². The van der Waals surface area contributed by atoms with Crippen LogP contribution in [-0.2, 0) is 16.1 Å². The fourth-order valence-corrected chi connectivity index (χ4v) is 5.90. The monoisotopic (exact) mass is 574 g/mol. The zero-order chi connectivity index (χ0) is 25.9. The minimum absolute atomic E-state index is 0. The highest BCUT2D eigenvalue weighted by molar-refractivity contribution is 7.16. The van der Waals surface area contributed by atoms with Gasteiger partial charge in [-0.1, -0.05) is 18.5 Å². The largest absolute Gasteiger partial charge is 0.497 e. The Morgan fingerprint density at radius 2 is 1.97 bits per heavy atom. The van der Waals surface area contributed by atoms with E-state index in [0.29, 0.717) is 37.9 Å². The summed E-state index contributed by atoms with van der Waals surface area (Å²) in [6, 6.07) is 14.2. The second-order valence-electron chi connectivity index (χ2n) is 9.08. The van der Waals surface area contributed by atoms with Crippen molar-refractivity contribution >= 4 is 63.0 Å². The molecular weight excluding hydrogens is 543 g/mol. The molecule has 4 aromatic rings. The van der Waals surface area contributed by atoms with Gasteiger partial charge in [-0.15, -0.1) is 23.7 Å². The number of carbonyl (C=O) groups excluding carboxylic acids is 1. The highest BCUT2D eigenvalue weighted by Gasteiger charge is 2.20. The van der Waals surface area contributed by atoms with Crippen LogP contribution in [0.4, 0.5) is 10.8 Å². The predicted molar refractivity (Wildman–Crippen MR) is 158 cm³/mol. The molecule has 1 aliphatic heterocycles. The quantitative estimate of drug-likeness (QED) is 0.238. The van der Waals surface area contributed by atoms with Crippen LogP contribution >= 0.6 is 35.3 Å². The predicted octanol–water partition coefficient (Wildman–Crippen LogP) is 6.56. The van der Waals surface area contributed by atoms with E-state index in [1.54, 1.807) is 18.4 Å². The third kappa shape index (κ3) is 5.78. The van der Waals surface area contributed by atoms with E-state index in [1.807, 2.05) is 33.9 Å². The van der Waals surface area contributed by atoms with Gasteiger partial charge in [-0.3, -0.25) is 4.79 Å². The second kappa shape index (κ2) is 12.4. The van der Waals surface area contributed by atoms with Crippen molar-refractivity contribution in [3.8, 4) is 17.0 Å². The first-order valence-electron chi connectivity index (χ1n) is 12.5. The molecule has 5 rings (SSSR count). The Kier molecular flexibility index (Phi) is 9.20. The van der Waals surface area contributed by atoms with Crippen LogP contribution in [0.1, 0.15) is 18.2 Å². The first-order valence-corrected chi connectivity index (χ1v) is 13.7. The molecule has 0 saturated carbocycles. The maximum absolute atomic E-state index is 12.8. The number of thiazole rings is 1. The average Bonchev–Trinajstić information content (AvgIpc) is 3.50. The summed E-state index contributed by atoms with van der Waals surface area (Å²) in [7, 11) is 1.63. The Labute approximate surface area is 238 Å². The summed E-state index contributed by atoms with van der Waals surface area (Å²) >= 11 is 8.24. The van der Waals surface area contributed by atoms with Crippen LogP contribution < -0.4 is 9.64 Å². The SMILES string of the molecule is CCCN(c1ccc2c(ccn2CC(=O)N2CCOCC2)c1)c1nc(-c2ccc(OC)cc2Cl)c(C)s1.Cl. The Morgan fingerprint density at radius 1 is 1.18 bits per heavy atom. The van der Waals surface area contributed by atoms with Crippen molar-refractivity contribution < 1.29 is 14.3 Å². The van der Waals surface area contributed by atoms with Gasteiger partial charge in [-0.25, -0.2) is 4.98 Å². The molecule has 1 amide bonds. The number of morpholine rings is 1. The minimum Gasteiger partial charge on any atom is -0.497 e. The number of amides is 1. The lowest BCUT2D eigenvalue weighted by molar-refractivity contribution is -0.135. The Morgan fingerprint density at radius 3 is 2.68 bits per heavy atom. The van der Waals surface area contributed by atoms with Gasteiger partial charge in [-0.05, 0) is 55.8 Å². The molecule has 2 aromatic heterocycles. The van der Waals surface area contributed by atoms with E-state index in [2.05, 4.69) is 43.0 Å². The zero-order valence-electron chi connectivity index (χ0n) is 21.8. The normalized spacial score (nSPS) is 13.4. The summed E-state index contributed by atoms with van der Waals surface area (Å²) in [6.45, 7) is 7.95. The number of hydrogen-bond acceptors (Lipinski definition) is 6. The number of anilines is 2. The van der Waals surface area contributed by atoms with Gasteiger partial charge in [0.1, 0.15) is 12.3 Å². The lowest BCUT2D eigenvalue weighted by atomic mass is 10.1. The van der Waals surface area contributed by atoms with Crippen molar-refractivity contribution in [1.82, 2.24) is 14.5 Å². The van der Waals surface area contributed by atoms with Crippen LogP contribution in [0.3, 0.4) is 0 Å². The maximum Gasteiger partial charge on any atom is 0.242 e. The lowest BCUT2D eigenvalue weighted by Crippen LogP contribution is -2.42. The molecule has 0 unspecified atom stereocenters. The summed E-state index contributed by atoms with van der Waals surface area (Å²) in [5, 5.41) is 2.65. The summed E-state index contributed by atoms with van der Waals surface area (Å²) in [5.74, 6) is 0.849. The molecule has 7 nitrogen and oxygen atoms in total. The number of rotatable bonds is 8. The molecule has 0 N–H and O–H groups in total. The molecule has 10 heteroatoms. The topological polar surface area (TPSA) is 59.8 Å². The van der Waals surface area contributed by atoms with E-state index in [0.717, 1.165) is 56.6 Å². The summed E-state index contributed by atoms with van der Waals surface area (Å²) in [5.41, 5.74) is 3.91. The van der Waals surface area contributed by atoms with Crippen molar-refractivity contribution in [1.29, 1.82) is 0 Å². The van der Waals surface area contributed by atoms with Crippen LogP contribution in [0, 0.1) is 6.92 Å². The Balaban J connectivity index is 0.00000336. The molecule has 3 heterocycles. The van der Waals surface area contributed by atoms with E-state index >= 15 is 0 Å². The minimum atomic E-state index is 0. The lowest BCUT2D eigenvalue weighted by Gasteiger charge is -2.27. The van der Waals surface area contributed by atoms with Crippen LogP contribution in [0.2, 0.25) is 5.02 Å². The molecule has 202 valence electrons. The third-order valence-corrected chi connectivity index (χ3v) is 7.94. The summed E-state index contributed by atoms with van der Waals surface area (Å²) in [4.78, 5) is 23.1. The van der Waals surface area contributed by atoms with E-state index in [9.17, 15) is 4.79 Å². The van der Waals surface area contributed by atoms with E-state index < -0.39 is 0 Å². The maximum atomic E-state index is 12.8. The first kappa shape index (κ1) is 28.2. The standard InChI is InChI=1S/C28H31ClN4O3S.ClH/c1-4-10-33(28-30-27(19(2)37-28)23-7-6-22(35-3)17-24(23)29)21-5-8-25-20(16-21)9-11-32(25)18-26(34)31-12-14-36-15-13-31;/h5-9,11,16-17H,4,10,12-15,18H2,1-3H3;1H. The number of carbonyl (C=O) groups is 1. The number of methoxy groups -OCH3 is 1. The Hall–Kier alpha value is -2.78. The fraction of sp³-hybridized carbons (Fsp3) is 0.357. The fourth-order valence-electron chi connectivity index (χ4n) is 4.67. The molecule has 1 aliphatic rings. The van der Waals surface area contributed by atoms with Crippen molar-refractivity contribution in [2.24, 2.45) is 0 Å². The van der Waals surface area contributed by atoms with Crippen molar-refractivity contribution in [3.05, 3.63) is 58.6 Å². The van der Waals surface area contributed by atoms with Crippen molar-refractivity contribution in [2.75, 3.05) is 44.9 Å². The van der Waals surface area contributed by atoms with Gasteiger partial charge in [0.25, 0.3) is 0 Å². The number of halogens is 2. The molecule has 1 saturated heterocycles. The number of nitrogens with zero attached hydrogens (tertiary/aromatic N) is 4. The molecule has 0 spiro atoms. The van der Waals surface area contributed by atoms with Gasteiger partial charge in [-0.2, -0.15) is 0 Å². The van der Waals surface area contributed by atoms with Gasteiger partial charge in [0, 0.05) is 52.9 Å². The average molecular weight is 576 g/mol. The molecule has 0 aliphatic carbocycles. The number of aryl methyl sites for hydroxylation is 1. The van der Waals surface area contributed by atoms with Gasteiger partial charge in [0.15, 0.2) is 5.13 Å². The van der Waals surface area contributed by atoms with Gasteiger partial charge in [0.2, 0.25) is 5.91 Å². The summed E-state index contributed by atoms with van der Waals surface area (Å²) in [6.07, 6.45) is 2.97. The molecule has 2 aromatic carbocycles. The Bertz CT molecular complexity index is 1410. The zero-order valence-corrected chi connectivity index (χ0v) is 24.2. The highest BCUT2D eigenvalue weighted by Crippen LogP contribution is 2.39. The molecule has 0 bridgehead atoms. The number of aromatic nitrogens is 2. The van der Waals surface area contributed by atoms with Gasteiger partial charge < -0.3 is 23.8 Å². The molecule has 38 heavy (non-hydrogen) atoms. The number of fused-ring (bicyclic) bond motifs is 1. The number of ether oxygens (including phenoxy) is 2. The third-order valence-electron chi connectivity index (χ3n) is 6.63. The van der Waals surface area contributed by atoms with Crippen molar-refractivity contribution in [2.45, 2.75) is 26.8 Å². The number of hydrogen-bond donors (Lipinski definition) is 0. The van der Waals surface area contributed by atoms with Crippen LogP contribution in [-0.4, -0.2) is 60.3 Å².